The first-order valence-electron chi connectivity index (χ1n) is 7.06. The quantitative estimate of drug-likeness (QED) is 0.739. The predicted molar refractivity (Wildman–Crippen MR) is 68.3 cm³/mol. The highest BCUT2D eigenvalue weighted by atomic mass is 16.5. The molecule has 0 atom stereocenters. The van der Waals surface area contributed by atoms with Gasteiger partial charge in [-0.1, -0.05) is 0 Å². The summed E-state index contributed by atoms with van der Waals surface area (Å²) < 4.78 is 5.94. The molecule has 0 amide bonds. The third kappa shape index (κ3) is 2.99. The molecule has 0 bridgehead atoms. The number of nitrogens with one attached hydrogen (secondary N) is 1. The number of nitrogens with zero attached hydrogens (tertiary/aromatic N) is 2. The molecule has 2 aliphatic heterocycles. The van der Waals surface area contributed by atoms with Crippen molar-refractivity contribution in [2.75, 3.05) is 52.4 Å². The van der Waals surface area contributed by atoms with Gasteiger partial charge in [0.1, 0.15) is 0 Å². The fourth-order valence-corrected chi connectivity index (χ4v) is 2.79. The fraction of sp³-hybridized carbons (Fsp3) is 1.00. The first-order valence-corrected chi connectivity index (χ1v) is 7.06. The summed E-state index contributed by atoms with van der Waals surface area (Å²) in [5.74, 6) is 0. The van der Waals surface area contributed by atoms with Crippen LogP contribution in [0.15, 0.2) is 0 Å². The van der Waals surface area contributed by atoms with Crippen molar-refractivity contribution in [1.29, 1.82) is 0 Å². The molecule has 2 saturated heterocycles. The summed E-state index contributed by atoms with van der Waals surface area (Å²) >= 11 is 0. The molecule has 4 nitrogen and oxygen atoms in total. The third-order valence-electron chi connectivity index (χ3n) is 4.33. The number of ether oxygens (including phenoxy) is 1. The van der Waals surface area contributed by atoms with Gasteiger partial charge in [0, 0.05) is 51.9 Å². The standard InChI is InChI=1S/C13H25N3O/c1-13(10-14-11-13)17-9-8-15-4-6-16(7-5-15)12-2-3-12/h12,14H,2-11H2,1H3. The second kappa shape index (κ2) is 4.84. The lowest BCUT2D eigenvalue weighted by Crippen LogP contribution is -2.59. The Morgan fingerprint density at radius 3 is 2.41 bits per heavy atom. The van der Waals surface area contributed by atoms with E-state index in [9.17, 15) is 0 Å². The van der Waals surface area contributed by atoms with E-state index in [2.05, 4.69) is 22.0 Å². The zero-order valence-corrected chi connectivity index (χ0v) is 11.0. The summed E-state index contributed by atoms with van der Waals surface area (Å²) in [7, 11) is 0. The van der Waals surface area contributed by atoms with Crippen LogP contribution in [0.2, 0.25) is 0 Å². The van der Waals surface area contributed by atoms with E-state index in [1.165, 1.54) is 39.0 Å². The van der Waals surface area contributed by atoms with Gasteiger partial charge in [-0.25, -0.2) is 0 Å². The van der Waals surface area contributed by atoms with Crippen LogP contribution in [0.3, 0.4) is 0 Å². The fourth-order valence-electron chi connectivity index (χ4n) is 2.79. The van der Waals surface area contributed by atoms with Crippen LogP contribution in [0.5, 0.6) is 0 Å². The van der Waals surface area contributed by atoms with Crippen LogP contribution in [-0.2, 0) is 4.74 Å². The molecule has 1 N–H and O–H groups in total. The predicted octanol–water partition coefficient (Wildman–Crippen LogP) is 0.145. The minimum absolute atomic E-state index is 0.121. The van der Waals surface area contributed by atoms with Crippen LogP contribution < -0.4 is 5.32 Å². The second-order valence-corrected chi connectivity index (χ2v) is 6.01. The Morgan fingerprint density at radius 1 is 1.18 bits per heavy atom. The highest BCUT2D eigenvalue weighted by molar-refractivity contribution is 4.90. The van der Waals surface area contributed by atoms with Gasteiger partial charge in [0.15, 0.2) is 0 Å². The van der Waals surface area contributed by atoms with Crippen molar-refractivity contribution in [2.45, 2.75) is 31.4 Å². The molecule has 1 saturated carbocycles. The van der Waals surface area contributed by atoms with Gasteiger partial charge in [-0.15, -0.1) is 0 Å². The highest BCUT2D eigenvalue weighted by Gasteiger charge is 2.33. The SMILES string of the molecule is CC1(OCCN2CCN(C3CC3)CC2)CNC1. The van der Waals surface area contributed by atoms with Gasteiger partial charge in [0.05, 0.1) is 12.2 Å². The lowest BCUT2D eigenvalue weighted by atomic mass is 10.0. The van der Waals surface area contributed by atoms with Gasteiger partial charge in [-0.3, -0.25) is 9.80 Å². The minimum Gasteiger partial charge on any atom is -0.371 e. The molecule has 0 aromatic heterocycles. The van der Waals surface area contributed by atoms with E-state index in [0.29, 0.717) is 0 Å². The van der Waals surface area contributed by atoms with Crippen molar-refractivity contribution in [3.05, 3.63) is 0 Å². The lowest BCUT2D eigenvalue weighted by molar-refractivity contribution is -0.0741. The monoisotopic (exact) mass is 239 g/mol. The number of hydrogen-bond donors (Lipinski definition) is 1. The molecule has 3 fully saturated rings. The summed E-state index contributed by atoms with van der Waals surface area (Å²) in [4.78, 5) is 5.21. The average Bonchev–Trinajstić information content (AvgIpc) is 3.12. The Morgan fingerprint density at radius 2 is 1.88 bits per heavy atom. The molecule has 0 aromatic carbocycles. The van der Waals surface area contributed by atoms with Crippen LogP contribution in [-0.4, -0.2) is 73.9 Å². The Balaban J connectivity index is 1.30. The zero-order valence-electron chi connectivity index (χ0n) is 11.0. The molecule has 17 heavy (non-hydrogen) atoms. The number of rotatable bonds is 5. The smallest absolute Gasteiger partial charge is 0.0902 e. The van der Waals surface area contributed by atoms with E-state index in [0.717, 1.165) is 32.3 Å². The van der Waals surface area contributed by atoms with E-state index in [4.69, 9.17) is 4.74 Å². The van der Waals surface area contributed by atoms with Gasteiger partial charge < -0.3 is 10.1 Å². The Bertz CT molecular complexity index is 255. The summed E-state index contributed by atoms with van der Waals surface area (Å²) in [5.41, 5.74) is 0.121. The van der Waals surface area contributed by atoms with Gasteiger partial charge in [0.25, 0.3) is 0 Å². The van der Waals surface area contributed by atoms with E-state index in [1.54, 1.807) is 0 Å². The first-order chi connectivity index (χ1) is 8.25. The number of hydrogen-bond acceptors (Lipinski definition) is 4. The maximum Gasteiger partial charge on any atom is 0.0902 e. The maximum atomic E-state index is 5.94. The van der Waals surface area contributed by atoms with Crippen molar-refractivity contribution in [1.82, 2.24) is 15.1 Å². The van der Waals surface area contributed by atoms with Crippen LogP contribution in [0.25, 0.3) is 0 Å². The van der Waals surface area contributed by atoms with Crippen molar-refractivity contribution in [2.24, 2.45) is 0 Å². The molecule has 1 aliphatic carbocycles. The van der Waals surface area contributed by atoms with Crippen LogP contribution in [0.1, 0.15) is 19.8 Å². The first kappa shape index (κ1) is 11.9. The zero-order chi connectivity index (χ0) is 11.7. The lowest BCUT2D eigenvalue weighted by Gasteiger charge is -2.40. The Kier molecular flexibility index (Phi) is 3.39. The molecule has 0 spiro atoms. The average molecular weight is 239 g/mol. The number of piperazine rings is 1. The Hall–Kier alpha value is -0.160. The molecule has 3 rings (SSSR count). The van der Waals surface area contributed by atoms with Gasteiger partial charge >= 0.3 is 0 Å². The van der Waals surface area contributed by atoms with E-state index >= 15 is 0 Å². The normalized spacial score (nSPS) is 30.2. The highest BCUT2D eigenvalue weighted by Crippen LogP contribution is 2.27. The third-order valence-corrected chi connectivity index (χ3v) is 4.33. The van der Waals surface area contributed by atoms with Crippen LogP contribution in [0.4, 0.5) is 0 Å². The van der Waals surface area contributed by atoms with Crippen LogP contribution in [0, 0.1) is 0 Å². The second-order valence-electron chi connectivity index (χ2n) is 6.01. The van der Waals surface area contributed by atoms with Gasteiger partial charge in [-0.2, -0.15) is 0 Å². The Labute approximate surface area is 104 Å². The van der Waals surface area contributed by atoms with Crippen molar-refractivity contribution >= 4 is 0 Å². The summed E-state index contributed by atoms with van der Waals surface area (Å²) in [6.45, 7) is 11.2. The molecule has 3 aliphatic rings. The molecular weight excluding hydrogens is 214 g/mol. The molecule has 4 heteroatoms. The largest absolute Gasteiger partial charge is 0.371 e. The topological polar surface area (TPSA) is 27.7 Å². The van der Waals surface area contributed by atoms with E-state index in [1.807, 2.05) is 0 Å². The summed E-state index contributed by atoms with van der Waals surface area (Å²) in [6, 6.07) is 0.938. The van der Waals surface area contributed by atoms with Crippen molar-refractivity contribution < 1.29 is 4.74 Å². The molecule has 0 unspecified atom stereocenters. The molecular formula is C13H25N3O. The summed E-state index contributed by atoms with van der Waals surface area (Å²) in [6.07, 6.45) is 2.88. The molecule has 0 aromatic rings. The molecule has 98 valence electrons. The summed E-state index contributed by atoms with van der Waals surface area (Å²) in [5, 5.41) is 3.27. The molecule has 0 radical (unpaired) electrons. The maximum absolute atomic E-state index is 5.94. The molecule has 2 heterocycles. The van der Waals surface area contributed by atoms with Gasteiger partial charge in [0.2, 0.25) is 0 Å². The minimum atomic E-state index is 0.121. The van der Waals surface area contributed by atoms with Crippen molar-refractivity contribution in [3.63, 3.8) is 0 Å². The van der Waals surface area contributed by atoms with E-state index < -0.39 is 0 Å². The van der Waals surface area contributed by atoms with E-state index in [-0.39, 0.29) is 5.60 Å². The van der Waals surface area contributed by atoms with Crippen LogP contribution >= 0.6 is 0 Å². The van der Waals surface area contributed by atoms with Crippen molar-refractivity contribution in [3.8, 4) is 0 Å². The van der Waals surface area contributed by atoms with Gasteiger partial charge in [-0.05, 0) is 19.8 Å².